The van der Waals surface area contributed by atoms with Crippen LogP contribution in [0.2, 0.25) is 0 Å². The van der Waals surface area contributed by atoms with Crippen LogP contribution in [0.25, 0.3) is 0 Å². The van der Waals surface area contributed by atoms with Gasteiger partial charge in [-0.1, -0.05) is 40.2 Å². The summed E-state index contributed by atoms with van der Waals surface area (Å²) in [6.45, 7) is 4.73. The third-order valence-corrected chi connectivity index (χ3v) is 5.84. The molecule has 6 heteroatoms. The molecule has 1 fully saturated rings. The Morgan fingerprint density at radius 1 is 1.21 bits per heavy atom. The van der Waals surface area contributed by atoms with Crippen molar-refractivity contribution in [1.82, 2.24) is 4.90 Å². The van der Waals surface area contributed by atoms with Gasteiger partial charge in [0.05, 0.1) is 11.5 Å². The lowest BCUT2D eigenvalue weighted by atomic mass is 9.75. The van der Waals surface area contributed by atoms with Gasteiger partial charge in [-0.2, -0.15) is 5.26 Å². The molecule has 4 nitrogen and oxygen atoms in total. The van der Waals surface area contributed by atoms with Crippen LogP contribution in [-0.4, -0.2) is 24.1 Å². The maximum absolute atomic E-state index is 13.4. The molecule has 2 aromatic rings. The highest BCUT2D eigenvalue weighted by atomic mass is 79.9. The van der Waals surface area contributed by atoms with Crippen LogP contribution in [-0.2, 0) is 16.8 Å². The number of carbonyl (C=O) groups is 1. The molecule has 1 aliphatic rings. The first-order chi connectivity index (χ1) is 13.7. The van der Waals surface area contributed by atoms with Gasteiger partial charge >= 0.3 is 6.09 Å². The summed E-state index contributed by atoms with van der Waals surface area (Å²) >= 11 is 3.42. The van der Waals surface area contributed by atoms with E-state index in [1.54, 1.807) is 17.0 Å². The normalized spacial score (nSPS) is 19.6. The lowest BCUT2D eigenvalue weighted by Gasteiger charge is -2.43. The van der Waals surface area contributed by atoms with Gasteiger partial charge in [0.1, 0.15) is 11.4 Å². The number of halogens is 2. The van der Waals surface area contributed by atoms with E-state index in [2.05, 4.69) is 22.0 Å². The third-order valence-electron chi connectivity index (χ3n) is 5.31. The predicted octanol–water partition coefficient (Wildman–Crippen LogP) is 5.81. The molecule has 0 spiro atoms. The Hall–Kier alpha value is -2.39. The van der Waals surface area contributed by atoms with Crippen LogP contribution in [0, 0.1) is 22.6 Å². The Labute approximate surface area is 179 Å². The fourth-order valence-electron chi connectivity index (χ4n) is 3.74. The number of benzene rings is 2. The summed E-state index contributed by atoms with van der Waals surface area (Å²) in [6.07, 6.45) is 1.24. The number of nitrogens with zero attached hydrogens (tertiary/aromatic N) is 2. The first-order valence-corrected chi connectivity index (χ1v) is 10.4. The molecule has 29 heavy (non-hydrogen) atoms. The molecule has 0 radical (unpaired) electrons. The number of nitriles is 1. The predicted molar refractivity (Wildman–Crippen MR) is 113 cm³/mol. The molecule has 0 unspecified atom stereocenters. The van der Waals surface area contributed by atoms with E-state index in [0.29, 0.717) is 25.9 Å². The van der Waals surface area contributed by atoms with Crippen LogP contribution in [0.5, 0.6) is 0 Å². The molecule has 0 N–H and O–H groups in total. The topological polar surface area (TPSA) is 53.3 Å². The number of hydrogen-bond donors (Lipinski definition) is 0. The summed E-state index contributed by atoms with van der Waals surface area (Å²) in [7, 11) is 0. The van der Waals surface area contributed by atoms with Gasteiger partial charge in [0, 0.05) is 30.4 Å². The molecule has 1 saturated heterocycles. The van der Waals surface area contributed by atoms with Gasteiger partial charge in [-0.05, 0) is 55.7 Å². The molecule has 152 valence electrons. The van der Waals surface area contributed by atoms with Crippen molar-refractivity contribution in [3.63, 3.8) is 0 Å². The summed E-state index contributed by atoms with van der Waals surface area (Å²) in [5.41, 5.74) is 0.247. The molecule has 2 aromatic carbocycles. The van der Waals surface area contributed by atoms with E-state index in [-0.39, 0.29) is 5.82 Å². The smallest absolute Gasteiger partial charge is 0.410 e. The quantitative estimate of drug-likeness (QED) is 0.548. The molecule has 0 bridgehead atoms. The minimum Gasteiger partial charge on any atom is -0.438 e. The van der Waals surface area contributed by atoms with Crippen molar-refractivity contribution < 1.29 is 13.9 Å². The second kappa shape index (κ2) is 8.54. The summed E-state index contributed by atoms with van der Waals surface area (Å²) in [5.74, 6) is -0.346. The van der Waals surface area contributed by atoms with Gasteiger partial charge < -0.3 is 9.64 Å². The lowest BCUT2D eigenvalue weighted by Crippen LogP contribution is -2.50. The standard InChI is InChI=1S/C23H24BrFN2O2/c1-22(2,16-26)15-23(18-5-9-20(25)10-6-18)12-14-27(21(28)29-23)13-11-17-3-7-19(24)8-4-17/h3-10H,11-15H2,1-2H3/t23-/m1/s1. The Morgan fingerprint density at radius 3 is 2.45 bits per heavy atom. The molecule has 1 amide bonds. The van der Waals surface area contributed by atoms with Gasteiger partial charge in [0.2, 0.25) is 0 Å². The number of rotatable bonds is 6. The van der Waals surface area contributed by atoms with E-state index in [4.69, 9.17) is 4.74 Å². The minimum atomic E-state index is -0.932. The van der Waals surface area contributed by atoms with Crippen molar-refractivity contribution in [2.45, 2.75) is 38.7 Å². The van der Waals surface area contributed by atoms with Gasteiger partial charge in [-0.15, -0.1) is 0 Å². The zero-order valence-electron chi connectivity index (χ0n) is 16.6. The van der Waals surface area contributed by atoms with Crippen LogP contribution >= 0.6 is 15.9 Å². The maximum Gasteiger partial charge on any atom is 0.410 e. The van der Waals surface area contributed by atoms with Crippen LogP contribution in [0.1, 0.15) is 37.8 Å². The highest BCUT2D eigenvalue weighted by Crippen LogP contribution is 2.43. The first kappa shape index (κ1) is 21.3. The van der Waals surface area contributed by atoms with Crippen molar-refractivity contribution >= 4 is 22.0 Å². The lowest BCUT2D eigenvalue weighted by molar-refractivity contribution is -0.0701. The van der Waals surface area contributed by atoms with Gasteiger partial charge in [0.25, 0.3) is 0 Å². The monoisotopic (exact) mass is 458 g/mol. The number of ether oxygens (including phenoxy) is 1. The Morgan fingerprint density at radius 2 is 1.86 bits per heavy atom. The number of cyclic esters (lactones) is 1. The minimum absolute atomic E-state index is 0.346. The van der Waals surface area contributed by atoms with E-state index in [9.17, 15) is 14.4 Å². The molecular formula is C23H24BrFN2O2. The fraction of sp³-hybridized carbons (Fsp3) is 0.391. The van der Waals surface area contributed by atoms with Crippen molar-refractivity contribution in [2.24, 2.45) is 5.41 Å². The van der Waals surface area contributed by atoms with E-state index in [0.717, 1.165) is 22.0 Å². The van der Waals surface area contributed by atoms with Crippen molar-refractivity contribution in [2.75, 3.05) is 13.1 Å². The molecule has 0 saturated carbocycles. The summed E-state index contributed by atoms with van der Waals surface area (Å²) in [6, 6.07) is 16.3. The van der Waals surface area contributed by atoms with E-state index in [1.807, 2.05) is 38.1 Å². The maximum atomic E-state index is 13.4. The van der Waals surface area contributed by atoms with Crippen LogP contribution in [0.4, 0.5) is 9.18 Å². The Kier molecular flexibility index (Phi) is 6.28. The van der Waals surface area contributed by atoms with Crippen LogP contribution in [0.3, 0.4) is 0 Å². The summed E-state index contributed by atoms with van der Waals surface area (Å²) in [4.78, 5) is 14.5. The van der Waals surface area contributed by atoms with Crippen molar-refractivity contribution in [3.8, 4) is 6.07 Å². The second-order valence-corrected chi connectivity index (χ2v) is 9.07. The summed E-state index contributed by atoms with van der Waals surface area (Å²) < 4.78 is 20.4. The fourth-order valence-corrected chi connectivity index (χ4v) is 4.01. The van der Waals surface area contributed by atoms with Crippen LogP contribution in [0.15, 0.2) is 53.0 Å². The van der Waals surface area contributed by atoms with E-state index < -0.39 is 17.1 Å². The van der Waals surface area contributed by atoms with Gasteiger partial charge in [-0.25, -0.2) is 9.18 Å². The molecule has 0 aromatic heterocycles. The summed E-state index contributed by atoms with van der Waals surface area (Å²) in [5, 5.41) is 9.51. The van der Waals surface area contributed by atoms with E-state index >= 15 is 0 Å². The number of hydrogen-bond acceptors (Lipinski definition) is 3. The molecule has 1 aliphatic heterocycles. The average molecular weight is 459 g/mol. The van der Waals surface area contributed by atoms with Gasteiger partial charge in [-0.3, -0.25) is 0 Å². The van der Waals surface area contributed by atoms with E-state index in [1.165, 1.54) is 12.1 Å². The molecule has 1 heterocycles. The number of amides is 1. The third kappa shape index (κ3) is 5.16. The highest BCUT2D eigenvalue weighted by Gasteiger charge is 2.45. The van der Waals surface area contributed by atoms with Gasteiger partial charge in [0.15, 0.2) is 0 Å². The zero-order valence-corrected chi connectivity index (χ0v) is 18.2. The molecular weight excluding hydrogens is 435 g/mol. The molecule has 3 rings (SSSR count). The zero-order chi connectivity index (χ0) is 21.1. The first-order valence-electron chi connectivity index (χ1n) is 9.63. The SMILES string of the molecule is CC(C)(C#N)C[C@@]1(c2ccc(F)cc2)CCN(CCc2ccc(Br)cc2)C(=O)O1. The van der Waals surface area contributed by atoms with Crippen molar-refractivity contribution in [1.29, 1.82) is 5.26 Å². The second-order valence-electron chi connectivity index (χ2n) is 8.16. The van der Waals surface area contributed by atoms with Crippen molar-refractivity contribution in [3.05, 3.63) is 69.9 Å². The highest BCUT2D eigenvalue weighted by molar-refractivity contribution is 9.10. The largest absolute Gasteiger partial charge is 0.438 e. The Balaban J connectivity index is 1.76. The number of carbonyl (C=O) groups excluding carboxylic acids is 1. The molecule has 0 aliphatic carbocycles. The average Bonchev–Trinajstić information content (AvgIpc) is 2.69. The van der Waals surface area contributed by atoms with Crippen LogP contribution < -0.4 is 0 Å². The Bertz CT molecular complexity index is 906. The molecule has 1 atom stereocenters.